The Morgan fingerprint density at radius 1 is 0.969 bits per heavy atom. The number of nitrogens with two attached hydrogens (primary N) is 1. The van der Waals surface area contributed by atoms with Gasteiger partial charge in [0.25, 0.3) is 5.91 Å². The highest BCUT2D eigenvalue weighted by Gasteiger charge is 2.11. The lowest BCUT2D eigenvalue weighted by Crippen LogP contribution is -2.13. The Kier molecular flexibility index (Phi) is 6.72. The summed E-state index contributed by atoms with van der Waals surface area (Å²) in [5, 5.41) is 4.92. The van der Waals surface area contributed by atoms with E-state index in [1.54, 1.807) is 35.7 Å². The first kappa shape index (κ1) is 21.5. The monoisotopic (exact) mass is 441 g/mol. The normalized spacial score (nSPS) is 10.6. The average Bonchev–Trinajstić information content (AvgIpc) is 3.35. The van der Waals surface area contributed by atoms with E-state index >= 15 is 0 Å². The summed E-state index contributed by atoms with van der Waals surface area (Å²) in [5.41, 5.74) is 10.5. The Balaban J connectivity index is 1.35. The van der Waals surface area contributed by atoms with Crippen molar-refractivity contribution in [1.82, 2.24) is 4.98 Å². The van der Waals surface area contributed by atoms with Crippen LogP contribution >= 0.6 is 11.3 Å². The number of aryl methyl sites for hydroxylation is 1. The predicted octanol–water partition coefficient (Wildman–Crippen LogP) is 5.39. The summed E-state index contributed by atoms with van der Waals surface area (Å²) in [5.74, 6) is -0.0792. The third-order valence-electron chi connectivity index (χ3n) is 5.12. The van der Waals surface area contributed by atoms with E-state index in [9.17, 15) is 9.59 Å². The molecule has 3 N–H and O–H groups in total. The number of pyridine rings is 1. The van der Waals surface area contributed by atoms with Gasteiger partial charge in [0.15, 0.2) is 0 Å². The molecule has 32 heavy (non-hydrogen) atoms. The number of ketones is 1. The number of aromatic nitrogens is 1. The van der Waals surface area contributed by atoms with E-state index in [0.29, 0.717) is 36.2 Å². The molecule has 0 radical (unpaired) electrons. The molecule has 0 aliphatic heterocycles. The zero-order valence-electron chi connectivity index (χ0n) is 17.5. The predicted molar refractivity (Wildman–Crippen MR) is 130 cm³/mol. The molecule has 4 aromatic rings. The molecular weight excluding hydrogens is 418 g/mol. The summed E-state index contributed by atoms with van der Waals surface area (Å²) in [4.78, 5) is 30.2. The van der Waals surface area contributed by atoms with Gasteiger partial charge in [-0.1, -0.05) is 30.3 Å². The van der Waals surface area contributed by atoms with Crippen LogP contribution in [0.4, 0.5) is 11.4 Å². The minimum absolute atomic E-state index is 0.145. The van der Waals surface area contributed by atoms with E-state index in [-0.39, 0.29) is 11.7 Å². The van der Waals surface area contributed by atoms with Crippen molar-refractivity contribution in [3.8, 4) is 10.4 Å². The van der Waals surface area contributed by atoms with Crippen molar-refractivity contribution in [2.45, 2.75) is 19.3 Å². The Bertz CT molecular complexity index is 1200. The highest BCUT2D eigenvalue weighted by molar-refractivity contribution is 7.13. The second-order valence-electron chi connectivity index (χ2n) is 7.47. The van der Waals surface area contributed by atoms with Gasteiger partial charge in [0.2, 0.25) is 0 Å². The van der Waals surface area contributed by atoms with Gasteiger partial charge in [-0.15, -0.1) is 11.3 Å². The molecule has 0 bridgehead atoms. The molecule has 5 nitrogen and oxygen atoms in total. The van der Waals surface area contributed by atoms with Crippen LogP contribution in [0.3, 0.4) is 0 Å². The summed E-state index contributed by atoms with van der Waals surface area (Å²) < 4.78 is 0. The molecule has 1 amide bonds. The first-order valence-electron chi connectivity index (χ1n) is 10.3. The summed E-state index contributed by atoms with van der Waals surface area (Å²) in [7, 11) is 0. The van der Waals surface area contributed by atoms with Crippen molar-refractivity contribution in [3.05, 3.63) is 101 Å². The van der Waals surface area contributed by atoms with Gasteiger partial charge in [0.1, 0.15) is 5.78 Å². The second kappa shape index (κ2) is 10.0. The number of benzene rings is 2. The zero-order chi connectivity index (χ0) is 22.3. The Morgan fingerprint density at radius 2 is 1.81 bits per heavy atom. The number of amides is 1. The van der Waals surface area contributed by atoms with E-state index in [1.165, 1.54) is 0 Å². The Hall–Kier alpha value is -3.77. The maximum absolute atomic E-state index is 12.7. The van der Waals surface area contributed by atoms with Gasteiger partial charge in [0.05, 0.1) is 11.4 Å². The third-order valence-corrected chi connectivity index (χ3v) is 6.04. The van der Waals surface area contributed by atoms with Crippen molar-refractivity contribution >= 4 is 34.4 Å². The van der Waals surface area contributed by atoms with Gasteiger partial charge in [0, 0.05) is 35.2 Å². The number of hydrogen-bond donors (Lipinski definition) is 2. The van der Waals surface area contributed by atoms with Gasteiger partial charge in [-0.05, 0) is 65.4 Å². The molecule has 160 valence electrons. The molecule has 0 spiro atoms. The van der Waals surface area contributed by atoms with Gasteiger partial charge >= 0.3 is 0 Å². The third kappa shape index (κ3) is 5.47. The molecule has 2 heterocycles. The summed E-state index contributed by atoms with van der Waals surface area (Å²) in [6.45, 7) is 0. The largest absolute Gasteiger partial charge is 0.397 e. The zero-order valence-corrected chi connectivity index (χ0v) is 18.3. The molecule has 0 aliphatic carbocycles. The van der Waals surface area contributed by atoms with Gasteiger partial charge < -0.3 is 11.1 Å². The molecule has 0 fully saturated rings. The number of nitrogen functional groups attached to an aromatic ring is 1. The van der Waals surface area contributed by atoms with Gasteiger partial charge in [-0.25, -0.2) is 0 Å². The van der Waals surface area contributed by atoms with Crippen LogP contribution in [0.25, 0.3) is 10.4 Å². The topological polar surface area (TPSA) is 85.1 Å². The quantitative estimate of drug-likeness (QED) is 0.359. The van der Waals surface area contributed by atoms with E-state index in [0.717, 1.165) is 21.7 Å². The smallest absolute Gasteiger partial charge is 0.255 e. The maximum atomic E-state index is 12.7. The molecule has 0 aliphatic rings. The summed E-state index contributed by atoms with van der Waals surface area (Å²) in [6, 6.07) is 22.5. The van der Waals surface area contributed by atoms with E-state index < -0.39 is 0 Å². The number of nitrogens with one attached hydrogen (secondary N) is 1. The Labute approximate surface area is 191 Å². The number of rotatable bonds is 8. The molecule has 0 saturated heterocycles. The van der Waals surface area contributed by atoms with E-state index in [2.05, 4.69) is 10.3 Å². The van der Waals surface area contributed by atoms with Crippen LogP contribution in [0.15, 0.2) is 84.4 Å². The van der Waals surface area contributed by atoms with Gasteiger partial charge in [-0.2, -0.15) is 0 Å². The highest BCUT2D eigenvalue weighted by Crippen LogP contribution is 2.30. The number of carbonyl (C=O) groups excluding carboxylic acids is 2. The van der Waals surface area contributed by atoms with Crippen LogP contribution < -0.4 is 11.1 Å². The lowest BCUT2D eigenvalue weighted by molar-refractivity contribution is -0.118. The first-order chi connectivity index (χ1) is 15.6. The van der Waals surface area contributed by atoms with Crippen LogP contribution in [0.2, 0.25) is 0 Å². The first-order valence-corrected chi connectivity index (χ1v) is 11.2. The Morgan fingerprint density at radius 3 is 2.53 bits per heavy atom. The number of thiophene rings is 1. The van der Waals surface area contributed by atoms with Crippen LogP contribution in [-0.4, -0.2) is 16.7 Å². The number of anilines is 2. The van der Waals surface area contributed by atoms with E-state index in [1.807, 2.05) is 60.0 Å². The van der Waals surface area contributed by atoms with Crippen molar-refractivity contribution in [1.29, 1.82) is 0 Å². The second-order valence-corrected chi connectivity index (χ2v) is 8.41. The molecule has 6 heteroatoms. The molecule has 2 aromatic heterocycles. The standard InChI is InChI=1S/C26H23N3O2S/c27-23-13-11-20(25-5-3-15-32-25)16-24(23)29-26(31)19-9-6-18(7-10-19)8-12-22(30)17-21-4-1-2-14-28-21/h1-7,9-11,13-16H,8,12,17,27H2,(H,29,31). The fourth-order valence-corrected chi connectivity index (χ4v) is 4.08. The molecule has 0 atom stereocenters. The molecular formula is C26H23N3O2S. The van der Waals surface area contributed by atoms with Gasteiger partial charge in [-0.3, -0.25) is 14.6 Å². The fraction of sp³-hybridized carbons (Fsp3) is 0.115. The average molecular weight is 442 g/mol. The SMILES string of the molecule is Nc1ccc(-c2cccs2)cc1NC(=O)c1ccc(CCC(=O)Cc2ccccn2)cc1. The number of nitrogens with zero attached hydrogens (tertiary/aromatic N) is 1. The molecule has 0 saturated carbocycles. The lowest BCUT2D eigenvalue weighted by Gasteiger charge is -2.10. The van der Waals surface area contributed by atoms with Crippen molar-refractivity contribution in [2.75, 3.05) is 11.1 Å². The fourth-order valence-electron chi connectivity index (χ4n) is 3.35. The number of Topliss-reactive ketones (excluding diaryl/α,β-unsaturated/α-hetero) is 1. The van der Waals surface area contributed by atoms with Crippen LogP contribution in [0.5, 0.6) is 0 Å². The minimum Gasteiger partial charge on any atom is -0.397 e. The molecule has 0 unspecified atom stereocenters. The number of hydrogen-bond acceptors (Lipinski definition) is 5. The van der Waals surface area contributed by atoms with Crippen molar-refractivity contribution in [2.24, 2.45) is 0 Å². The van der Waals surface area contributed by atoms with Crippen molar-refractivity contribution in [3.63, 3.8) is 0 Å². The van der Waals surface area contributed by atoms with Crippen LogP contribution in [-0.2, 0) is 17.6 Å². The highest BCUT2D eigenvalue weighted by atomic mass is 32.1. The van der Waals surface area contributed by atoms with Crippen LogP contribution in [0.1, 0.15) is 28.0 Å². The van der Waals surface area contributed by atoms with Crippen LogP contribution in [0, 0.1) is 0 Å². The molecule has 4 rings (SSSR count). The summed E-state index contributed by atoms with van der Waals surface area (Å²) >= 11 is 1.63. The molecule has 2 aromatic carbocycles. The van der Waals surface area contributed by atoms with Crippen molar-refractivity contribution < 1.29 is 9.59 Å². The van der Waals surface area contributed by atoms with E-state index in [4.69, 9.17) is 5.73 Å². The lowest BCUT2D eigenvalue weighted by atomic mass is 10.0. The minimum atomic E-state index is -0.224. The number of carbonyl (C=O) groups is 2. The summed E-state index contributed by atoms with van der Waals surface area (Å²) in [6.07, 6.45) is 3.10. The maximum Gasteiger partial charge on any atom is 0.255 e.